The van der Waals surface area contributed by atoms with Crippen LogP contribution in [0.5, 0.6) is 5.75 Å². The Morgan fingerprint density at radius 2 is 2.00 bits per heavy atom. The first-order valence-corrected chi connectivity index (χ1v) is 7.76. The summed E-state index contributed by atoms with van der Waals surface area (Å²) in [7, 11) is 0. The zero-order valence-electron chi connectivity index (χ0n) is 11.0. The van der Waals surface area contributed by atoms with Crippen LogP contribution in [0.15, 0.2) is 24.3 Å². The minimum atomic E-state index is 0.235. The summed E-state index contributed by atoms with van der Waals surface area (Å²) in [5.41, 5.74) is 1.52. The van der Waals surface area contributed by atoms with E-state index in [1.165, 1.54) is 5.56 Å². The molecule has 0 unspecified atom stereocenters. The predicted molar refractivity (Wildman–Crippen MR) is 77.6 cm³/mol. The van der Waals surface area contributed by atoms with Gasteiger partial charge in [-0.05, 0) is 30.9 Å². The van der Waals surface area contributed by atoms with Crippen molar-refractivity contribution in [3.63, 3.8) is 0 Å². The quantitative estimate of drug-likeness (QED) is 0.770. The first-order valence-electron chi connectivity index (χ1n) is 6.64. The van der Waals surface area contributed by atoms with Gasteiger partial charge in [0.15, 0.2) is 0 Å². The van der Waals surface area contributed by atoms with E-state index in [9.17, 15) is 0 Å². The van der Waals surface area contributed by atoms with E-state index in [1.54, 1.807) is 0 Å². The molecule has 0 N–H and O–H groups in total. The van der Waals surface area contributed by atoms with Crippen LogP contribution in [0.4, 0.5) is 0 Å². The molecular formula is C15H21BrO2. The second-order valence-corrected chi connectivity index (χ2v) is 5.56. The molecule has 2 rings (SSSR count). The highest BCUT2D eigenvalue weighted by molar-refractivity contribution is 9.09. The number of rotatable bonds is 5. The van der Waals surface area contributed by atoms with Crippen molar-refractivity contribution in [2.45, 2.75) is 26.2 Å². The lowest BCUT2D eigenvalue weighted by atomic mass is 9.83. The Morgan fingerprint density at radius 3 is 2.67 bits per heavy atom. The van der Waals surface area contributed by atoms with Gasteiger partial charge < -0.3 is 9.47 Å². The fourth-order valence-electron chi connectivity index (χ4n) is 2.29. The smallest absolute Gasteiger partial charge is 0.122 e. The van der Waals surface area contributed by atoms with E-state index in [0.717, 1.165) is 50.2 Å². The van der Waals surface area contributed by atoms with Crippen molar-refractivity contribution >= 4 is 15.9 Å². The number of ether oxygens (including phenoxy) is 2. The lowest BCUT2D eigenvalue weighted by Crippen LogP contribution is -2.36. The van der Waals surface area contributed by atoms with Gasteiger partial charge in [0.05, 0.1) is 6.61 Å². The Hall–Kier alpha value is -0.540. The zero-order chi connectivity index (χ0) is 12.8. The van der Waals surface area contributed by atoms with Crippen LogP contribution in [0.3, 0.4) is 0 Å². The highest BCUT2D eigenvalue weighted by Crippen LogP contribution is 2.33. The van der Waals surface area contributed by atoms with Crippen LogP contribution >= 0.6 is 15.9 Å². The Bertz CT molecular complexity index is 373. The van der Waals surface area contributed by atoms with Crippen molar-refractivity contribution in [3.05, 3.63) is 29.8 Å². The summed E-state index contributed by atoms with van der Waals surface area (Å²) in [4.78, 5) is 0. The summed E-state index contributed by atoms with van der Waals surface area (Å²) in [6, 6.07) is 8.32. The number of hydrogen-bond acceptors (Lipinski definition) is 2. The van der Waals surface area contributed by atoms with Gasteiger partial charge in [-0.2, -0.15) is 0 Å². The summed E-state index contributed by atoms with van der Waals surface area (Å²) >= 11 is 3.64. The van der Waals surface area contributed by atoms with Crippen LogP contribution in [-0.2, 0) is 11.2 Å². The maximum Gasteiger partial charge on any atom is 0.122 e. The molecule has 0 aliphatic carbocycles. The third kappa shape index (κ3) is 3.27. The standard InChI is InChI=1S/C15H21BrO2/c1-2-13-5-3-4-6-14(13)18-12-15(11-16)7-9-17-10-8-15/h3-6H,2,7-12H2,1H3. The highest BCUT2D eigenvalue weighted by Gasteiger charge is 2.32. The molecule has 0 aromatic heterocycles. The molecule has 1 saturated heterocycles. The molecule has 0 bridgehead atoms. The van der Waals surface area contributed by atoms with E-state index >= 15 is 0 Å². The molecule has 0 radical (unpaired) electrons. The molecule has 2 nitrogen and oxygen atoms in total. The predicted octanol–water partition coefficient (Wildman–Crippen LogP) is 3.82. The number of benzene rings is 1. The Morgan fingerprint density at radius 1 is 1.28 bits per heavy atom. The number of aryl methyl sites for hydroxylation is 1. The van der Waals surface area contributed by atoms with Crippen molar-refractivity contribution in [2.75, 3.05) is 25.2 Å². The van der Waals surface area contributed by atoms with E-state index < -0.39 is 0 Å². The maximum absolute atomic E-state index is 6.08. The monoisotopic (exact) mass is 312 g/mol. The number of halogens is 1. The minimum absolute atomic E-state index is 0.235. The van der Waals surface area contributed by atoms with Crippen molar-refractivity contribution < 1.29 is 9.47 Å². The Labute approximate surface area is 118 Å². The zero-order valence-corrected chi connectivity index (χ0v) is 12.5. The van der Waals surface area contributed by atoms with Crippen LogP contribution in [0, 0.1) is 5.41 Å². The molecular weight excluding hydrogens is 292 g/mol. The van der Waals surface area contributed by atoms with Crippen LogP contribution in [0.2, 0.25) is 0 Å². The van der Waals surface area contributed by atoms with E-state index in [-0.39, 0.29) is 5.41 Å². The minimum Gasteiger partial charge on any atom is -0.493 e. The maximum atomic E-state index is 6.08. The molecule has 1 aromatic carbocycles. The van der Waals surface area contributed by atoms with Gasteiger partial charge in [-0.1, -0.05) is 41.1 Å². The third-order valence-electron chi connectivity index (χ3n) is 3.72. The first-order chi connectivity index (χ1) is 8.79. The van der Waals surface area contributed by atoms with E-state index in [4.69, 9.17) is 9.47 Å². The van der Waals surface area contributed by atoms with Crippen LogP contribution in [-0.4, -0.2) is 25.2 Å². The van der Waals surface area contributed by atoms with Crippen molar-refractivity contribution in [1.82, 2.24) is 0 Å². The fourth-order valence-corrected chi connectivity index (χ4v) is 3.01. The molecule has 0 atom stereocenters. The van der Waals surface area contributed by atoms with E-state index in [1.807, 2.05) is 6.07 Å². The number of alkyl halides is 1. The summed E-state index contributed by atoms with van der Waals surface area (Å²) in [5, 5.41) is 0.984. The number of hydrogen-bond donors (Lipinski definition) is 0. The average molecular weight is 313 g/mol. The SMILES string of the molecule is CCc1ccccc1OCC1(CBr)CCOCC1. The molecule has 18 heavy (non-hydrogen) atoms. The van der Waals surface area contributed by atoms with Gasteiger partial charge in [-0.25, -0.2) is 0 Å². The number of para-hydroxylation sites is 1. The van der Waals surface area contributed by atoms with Crippen LogP contribution < -0.4 is 4.74 Å². The van der Waals surface area contributed by atoms with Gasteiger partial charge in [0.25, 0.3) is 0 Å². The van der Waals surface area contributed by atoms with Gasteiger partial charge in [0.2, 0.25) is 0 Å². The normalized spacial score (nSPS) is 18.6. The first kappa shape index (κ1) is 13.9. The largest absolute Gasteiger partial charge is 0.493 e. The van der Waals surface area contributed by atoms with Gasteiger partial charge in [-0.3, -0.25) is 0 Å². The topological polar surface area (TPSA) is 18.5 Å². The van der Waals surface area contributed by atoms with Gasteiger partial charge >= 0.3 is 0 Å². The molecule has 1 heterocycles. The van der Waals surface area contributed by atoms with E-state index in [2.05, 4.69) is 41.1 Å². The Kier molecular flexibility index (Phi) is 5.07. The second kappa shape index (κ2) is 6.58. The van der Waals surface area contributed by atoms with Crippen LogP contribution in [0.1, 0.15) is 25.3 Å². The van der Waals surface area contributed by atoms with Crippen molar-refractivity contribution in [1.29, 1.82) is 0 Å². The molecule has 100 valence electrons. The average Bonchev–Trinajstić information content (AvgIpc) is 2.46. The molecule has 1 aliphatic rings. The molecule has 1 aromatic rings. The second-order valence-electron chi connectivity index (χ2n) is 5.00. The summed E-state index contributed by atoms with van der Waals surface area (Å²) in [5.74, 6) is 1.03. The summed E-state index contributed by atoms with van der Waals surface area (Å²) in [6.45, 7) is 4.64. The third-order valence-corrected chi connectivity index (χ3v) is 4.91. The van der Waals surface area contributed by atoms with E-state index in [0.29, 0.717) is 0 Å². The molecule has 0 spiro atoms. The fraction of sp³-hybridized carbons (Fsp3) is 0.600. The lowest BCUT2D eigenvalue weighted by Gasteiger charge is -2.35. The molecule has 0 amide bonds. The van der Waals surface area contributed by atoms with Crippen molar-refractivity contribution in [2.24, 2.45) is 5.41 Å². The van der Waals surface area contributed by atoms with Gasteiger partial charge in [-0.15, -0.1) is 0 Å². The molecule has 1 aliphatic heterocycles. The Balaban J connectivity index is 2.01. The molecule has 3 heteroatoms. The summed E-state index contributed by atoms with van der Waals surface area (Å²) in [6.07, 6.45) is 3.17. The van der Waals surface area contributed by atoms with Gasteiger partial charge in [0, 0.05) is 24.0 Å². The van der Waals surface area contributed by atoms with Crippen LogP contribution in [0.25, 0.3) is 0 Å². The van der Waals surface area contributed by atoms with Crippen molar-refractivity contribution in [3.8, 4) is 5.75 Å². The van der Waals surface area contributed by atoms with Gasteiger partial charge in [0.1, 0.15) is 5.75 Å². The highest BCUT2D eigenvalue weighted by atomic mass is 79.9. The molecule has 0 saturated carbocycles. The summed E-state index contributed by atoms with van der Waals surface area (Å²) < 4.78 is 11.5. The lowest BCUT2D eigenvalue weighted by molar-refractivity contribution is 0.00339. The molecule has 1 fully saturated rings.